The molecule has 2 rings (SSSR count). The zero-order chi connectivity index (χ0) is 17.6. The molecule has 2 nitrogen and oxygen atoms in total. The van der Waals surface area contributed by atoms with Crippen molar-refractivity contribution in [3.05, 3.63) is 59.9 Å². The van der Waals surface area contributed by atoms with Gasteiger partial charge in [-0.1, -0.05) is 29.9 Å². The van der Waals surface area contributed by atoms with Crippen LogP contribution in [0, 0.1) is 29.1 Å². The van der Waals surface area contributed by atoms with E-state index in [9.17, 15) is 0 Å². The average molecular weight is 317 g/mol. The third-order valence-electron chi connectivity index (χ3n) is 3.37. The molecule has 0 fully saturated rings. The van der Waals surface area contributed by atoms with Crippen molar-refractivity contribution >= 4 is 5.69 Å². The topological polar surface area (TPSA) is 7.12 Å². The lowest BCUT2D eigenvalue weighted by molar-refractivity contribution is -0.684. The maximum absolute atomic E-state index is 3.28. The number of pyridine rings is 1. The number of nitrogens with zero attached hydrogens (tertiary/aromatic N) is 2. The van der Waals surface area contributed by atoms with Crippen molar-refractivity contribution in [2.24, 2.45) is 5.41 Å². The molecule has 24 heavy (non-hydrogen) atoms. The van der Waals surface area contributed by atoms with Crippen LogP contribution in [0.15, 0.2) is 48.8 Å². The molecule has 0 saturated heterocycles. The molecular formula is C22H25N2+. The predicted molar refractivity (Wildman–Crippen MR) is 101 cm³/mol. The molecule has 122 valence electrons. The number of hydrogen-bond acceptors (Lipinski definition) is 1. The SMILES string of the molecule is CN(C)c1cc[n+](CC#Cc2ccccc2C#CC(C)(C)C)cc1. The van der Waals surface area contributed by atoms with E-state index in [1.54, 1.807) is 0 Å². The van der Waals surface area contributed by atoms with Gasteiger partial charge in [-0.05, 0) is 38.8 Å². The molecule has 0 saturated carbocycles. The van der Waals surface area contributed by atoms with E-state index in [1.807, 2.05) is 38.4 Å². The first kappa shape index (κ1) is 17.6. The molecule has 0 aliphatic rings. The minimum Gasteiger partial charge on any atom is -0.377 e. The smallest absolute Gasteiger partial charge is 0.209 e. The molecule has 0 N–H and O–H groups in total. The molecule has 0 unspecified atom stereocenters. The maximum atomic E-state index is 3.28. The van der Waals surface area contributed by atoms with Gasteiger partial charge in [-0.3, -0.25) is 0 Å². The highest BCUT2D eigenvalue weighted by molar-refractivity contribution is 5.50. The van der Waals surface area contributed by atoms with Crippen molar-refractivity contribution in [3.63, 3.8) is 0 Å². The third-order valence-corrected chi connectivity index (χ3v) is 3.37. The molecule has 1 aromatic carbocycles. The van der Waals surface area contributed by atoms with Crippen molar-refractivity contribution in [3.8, 4) is 23.7 Å². The fraction of sp³-hybridized carbons (Fsp3) is 0.318. The van der Waals surface area contributed by atoms with Crippen LogP contribution in [0.4, 0.5) is 5.69 Å². The van der Waals surface area contributed by atoms with Gasteiger partial charge < -0.3 is 4.90 Å². The Labute approximate surface area is 146 Å². The normalized spacial score (nSPS) is 10.2. The van der Waals surface area contributed by atoms with Crippen LogP contribution in [0.1, 0.15) is 31.9 Å². The van der Waals surface area contributed by atoms with Crippen molar-refractivity contribution in [2.45, 2.75) is 27.3 Å². The molecule has 0 amide bonds. The molecule has 0 aliphatic carbocycles. The Hall–Kier alpha value is -2.71. The van der Waals surface area contributed by atoms with E-state index in [4.69, 9.17) is 0 Å². The quantitative estimate of drug-likeness (QED) is 0.607. The molecule has 1 heterocycles. The van der Waals surface area contributed by atoms with Gasteiger partial charge in [-0.25, -0.2) is 0 Å². The molecule has 0 atom stereocenters. The summed E-state index contributed by atoms with van der Waals surface area (Å²) in [5.74, 6) is 13.0. The van der Waals surface area contributed by atoms with Gasteiger partial charge in [0, 0.05) is 48.5 Å². The van der Waals surface area contributed by atoms with E-state index in [2.05, 4.69) is 78.4 Å². The summed E-state index contributed by atoms with van der Waals surface area (Å²) in [6.07, 6.45) is 4.10. The van der Waals surface area contributed by atoms with Crippen LogP contribution in [0.25, 0.3) is 0 Å². The fourth-order valence-corrected chi connectivity index (χ4v) is 2.04. The Morgan fingerprint density at radius 1 is 0.917 bits per heavy atom. The molecule has 0 aliphatic heterocycles. The lowest BCUT2D eigenvalue weighted by atomic mass is 9.97. The first-order valence-electron chi connectivity index (χ1n) is 8.13. The van der Waals surface area contributed by atoms with Gasteiger partial charge in [0.2, 0.25) is 6.54 Å². The Morgan fingerprint density at radius 3 is 2.04 bits per heavy atom. The molecule has 2 aromatic rings. The van der Waals surface area contributed by atoms with E-state index < -0.39 is 0 Å². The Balaban J connectivity index is 2.15. The monoisotopic (exact) mass is 317 g/mol. The number of hydrogen-bond donors (Lipinski definition) is 0. The van der Waals surface area contributed by atoms with Crippen LogP contribution >= 0.6 is 0 Å². The average Bonchev–Trinajstić information content (AvgIpc) is 2.53. The first-order chi connectivity index (χ1) is 11.3. The van der Waals surface area contributed by atoms with Crippen molar-refractivity contribution < 1.29 is 4.57 Å². The highest BCUT2D eigenvalue weighted by Gasteiger charge is 2.04. The molecule has 0 bridgehead atoms. The van der Waals surface area contributed by atoms with E-state index in [1.165, 1.54) is 5.69 Å². The minimum absolute atomic E-state index is 0.00935. The largest absolute Gasteiger partial charge is 0.377 e. The summed E-state index contributed by atoms with van der Waals surface area (Å²) in [6, 6.07) is 12.2. The highest BCUT2D eigenvalue weighted by Crippen LogP contribution is 2.12. The van der Waals surface area contributed by atoms with Crippen molar-refractivity contribution in [1.29, 1.82) is 0 Å². The van der Waals surface area contributed by atoms with Gasteiger partial charge in [0.05, 0.1) is 0 Å². The molecule has 1 aromatic heterocycles. The zero-order valence-corrected chi connectivity index (χ0v) is 15.2. The van der Waals surface area contributed by atoms with Crippen LogP contribution in [0.3, 0.4) is 0 Å². The van der Waals surface area contributed by atoms with Gasteiger partial charge in [0.25, 0.3) is 0 Å². The van der Waals surface area contributed by atoms with Crippen molar-refractivity contribution in [2.75, 3.05) is 19.0 Å². The second-order valence-corrected chi connectivity index (χ2v) is 6.97. The lowest BCUT2D eigenvalue weighted by Crippen LogP contribution is -2.32. The zero-order valence-electron chi connectivity index (χ0n) is 15.2. The predicted octanol–water partition coefficient (Wildman–Crippen LogP) is 3.49. The molecule has 2 heteroatoms. The van der Waals surface area contributed by atoms with Gasteiger partial charge in [-0.15, -0.1) is 0 Å². The Morgan fingerprint density at radius 2 is 1.50 bits per heavy atom. The molecule has 0 spiro atoms. The van der Waals surface area contributed by atoms with Crippen molar-refractivity contribution in [1.82, 2.24) is 0 Å². The molecular weight excluding hydrogens is 292 g/mol. The lowest BCUT2D eigenvalue weighted by Gasteiger charge is -2.09. The summed E-state index contributed by atoms with van der Waals surface area (Å²) in [7, 11) is 4.07. The summed E-state index contributed by atoms with van der Waals surface area (Å²) in [5, 5.41) is 0. The second kappa shape index (κ2) is 7.71. The first-order valence-corrected chi connectivity index (χ1v) is 8.13. The summed E-state index contributed by atoms with van der Waals surface area (Å²) in [5.41, 5.74) is 3.15. The van der Waals surface area contributed by atoms with Crippen LogP contribution in [0.2, 0.25) is 0 Å². The van der Waals surface area contributed by atoms with Crippen LogP contribution < -0.4 is 9.47 Å². The fourth-order valence-electron chi connectivity index (χ4n) is 2.04. The van der Waals surface area contributed by atoms with Gasteiger partial charge >= 0.3 is 0 Å². The number of rotatable bonds is 2. The summed E-state index contributed by atoms with van der Waals surface area (Å²) in [4.78, 5) is 2.08. The van der Waals surface area contributed by atoms with E-state index >= 15 is 0 Å². The van der Waals surface area contributed by atoms with Crippen LogP contribution in [-0.2, 0) is 6.54 Å². The van der Waals surface area contributed by atoms with Gasteiger partial charge in [0.15, 0.2) is 12.4 Å². The third kappa shape index (κ3) is 5.49. The van der Waals surface area contributed by atoms with Crippen LogP contribution in [0.5, 0.6) is 0 Å². The Bertz CT molecular complexity index is 801. The second-order valence-electron chi connectivity index (χ2n) is 6.97. The van der Waals surface area contributed by atoms with E-state index in [0.29, 0.717) is 6.54 Å². The number of benzene rings is 1. The van der Waals surface area contributed by atoms with Gasteiger partial charge in [-0.2, -0.15) is 4.57 Å². The van der Waals surface area contributed by atoms with E-state index in [0.717, 1.165) is 11.1 Å². The molecule has 0 radical (unpaired) electrons. The summed E-state index contributed by atoms with van der Waals surface area (Å²) >= 11 is 0. The van der Waals surface area contributed by atoms with Crippen LogP contribution in [-0.4, -0.2) is 14.1 Å². The Kier molecular flexibility index (Phi) is 5.67. The van der Waals surface area contributed by atoms with Gasteiger partial charge in [0.1, 0.15) is 0 Å². The summed E-state index contributed by atoms with van der Waals surface area (Å²) in [6.45, 7) is 7.00. The maximum Gasteiger partial charge on any atom is 0.209 e. The van der Waals surface area contributed by atoms with E-state index in [-0.39, 0.29) is 5.41 Å². The summed E-state index contributed by atoms with van der Waals surface area (Å²) < 4.78 is 2.07. The minimum atomic E-state index is -0.00935. The standard InChI is InChI=1S/C22H25N2/c1-22(2,3)15-12-20-10-7-6-9-19(20)11-8-16-24-17-13-21(14-18-24)23(4)5/h6-7,9-10,13-14,17-18H,16H2,1-5H3/q+1. The number of anilines is 1. The highest BCUT2D eigenvalue weighted by atomic mass is 15.1. The number of aromatic nitrogens is 1.